The van der Waals surface area contributed by atoms with Crippen LogP contribution in [0.15, 0.2) is 72.8 Å². The molecule has 26 heavy (non-hydrogen) atoms. The SMILES string of the molecule is O=C(Nc1ccccc1)Nc1ccc(NCCCc2ccccc2)nn1. The summed E-state index contributed by atoms with van der Waals surface area (Å²) in [6, 6.07) is 22.8. The summed E-state index contributed by atoms with van der Waals surface area (Å²) in [5.41, 5.74) is 2.04. The van der Waals surface area contributed by atoms with Gasteiger partial charge in [0.05, 0.1) is 0 Å². The first-order valence-electron chi connectivity index (χ1n) is 8.54. The van der Waals surface area contributed by atoms with Crippen molar-refractivity contribution in [2.24, 2.45) is 0 Å². The van der Waals surface area contributed by atoms with Crippen molar-refractivity contribution in [1.82, 2.24) is 10.2 Å². The summed E-state index contributed by atoms with van der Waals surface area (Å²) >= 11 is 0. The molecule has 6 heteroatoms. The molecule has 0 radical (unpaired) electrons. The minimum atomic E-state index is -0.353. The number of benzene rings is 2. The molecule has 0 spiro atoms. The third kappa shape index (κ3) is 5.59. The number of anilines is 3. The largest absolute Gasteiger partial charge is 0.369 e. The number of urea groups is 1. The average molecular weight is 347 g/mol. The smallest absolute Gasteiger partial charge is 0.324 e. The van der Waals surface area contributed by atoms with Crippen LogP contribution >= 0.6 is 0 Å². The molecule has 0 aliphatic heterocycles. The lowest BCUT2D eigenvalue weighted by Gasteiger charge is -2.08. The number of hydrogen-bond acceptors (Lipinski definition) is 4. The van der Waals surface area contributed by atoms with E-state index in [-0.39, 0.29) is 6.03 Å². The molecule has 0 aliphatic rings. The van der Waals surface area contributed by atoms with Crippen molar-refractivity contribution >= 4 is 23.4 Å². The van der Waals surface area contributed by atoms with Gasteiger partial charge >= 0.3 is 6.03 Å². The van der Waals surface area contributed by atoms with E-state index in [0.717, 1.165) is 25.1 Å². The highest BCUT2D eigenvalue weighted by Gasteiger charge is 2.04. The van der Waals surface area contributed by atoms with Gasteiger partial charge in [0, 0.05) is 12.2 Å². The summed E-state index contributed by atoms with van der Waals surface area (Å²) in [7, 11) is 0. The lowest BCUT2D eigenvalue weighted by Crippen LogP contribution is -2.20. The van der Waals surface area contributed by atoms with Crippen molar-refractivity contribution in [1.29, 1.82) is 0 Å². The van der Waals surface area contributed by atoms with Gasteiger partial charge in [0.25, 0.3) is 0 Å². The number of carbonyl (C=O) groups excluding carboxylic acids is 1. The maximum Gasteiger partial charge on any atom is 0.324 e. The summed E-state index contributed by atoms with van der Waals surface area (Å²) in [5.74, 6) is 1.08. The minimum absolute atomic E-state index is 0.353. The van der Waals surface area contributed by atoms with E-state index in [1.54, 1.807) is 12.1 Å². The van der Waals surface area contributed by atoms with Gasteiger partial charge in [-0.05, 0) is 42.7 Å². The normalized spacial score (nSPS) is 10.2. The molecule has 0 fully saturated rings. The first-order chi connectivity index (χ1) is 12.8. The van der Waals surface area contributed by atoms with Crippen molar-refractivity contribution < 1.29 is 4.79 Å². The van der Waals surface area contributed by atoms with Gasteiger partial charge in [-0.1, -0.05) is 48.5 Å². The highest BCUT2D eigenvalue weighted by Crippen LogP contribution is 2.09. The van der Waals surface area contributed by atoms with Crippen molar-refractivity contribution in [3.63, 3.8) is 0 Å². The van der Waals surface area contributed by atoms with Crippen LogP contribution in [0.1, 0.15) is 12.0 Å². The molecule has 3 rings (SSSR count). The van der Waals surface area contributed by atoms with Crippen molar-refractivity contribution in [3.05, 3.63) is 78.4 Å². The molecule has 0 saturated heterocycles. The molecule has 1 heterocycles. The average Bonchev–Trinajstić information content (AvgIpc) is 2.68. The summed E-state index contributed by atoms with van der Waals surface area (Å²) in [5, 5.41) is 16.7. The number of aromatic nitrogens is 2. The van der Waals surface area contributed by atoms with Crippen LogP contribution in [0.2, 0.25) is 0 Å². The lowest BCUT2D eigenvalue weighted by molar-refractivity contribution is 0.262. The van der Waals surface area contributed by atoms with Gasteiger partial charge in [-0.25, -0.2) is 4.79 Å². The third-order valence-electron chi connectivity index (χ3n) is 3.73. The van der Waals surface area contributed by atoms with Crippen LogP contribution in [0.4, 0.5) is 22.1 Å². The maximum atomic E-state index is 11.9. The number of hydrogen-bond donors (Lipinski definition) is 3. The topological polar surface area (TPSA) is 78.9 Å². The Hall–Kier alpha value is -3.41. The fraction of sp³-hybridized carbons (Fsp3) is 0.150. The van der Waals surface area contributed by atoms with Crippen LogP contribution in [0.5, 0.6) is 0 Å². The van der Waals surface area contributed by atoms with Crippen LogP contribution in [0.25, 0.3) is 0 Å². The van der Waals surface area contributed by atoms with E-state index >= 15 is 0 Å². The molecule has 0 bridgehead atoms. The summed E-state index contributed by atoms with van der Waals surface area (Å²) in [6.45, 7) is 0.810. The first kappa shape index (κ1) is 17.4. The fourth-order valence-electron chi connectivity index (χ4n) is 2.45. The second kappa shape index (κ2) is 9.17. The van der Waals surface area contributed by atoms with E-state index in [2.05, 4.69) is 38.3 Å². The molecular formula is C20H21N5O. The van der Waals surface area contributed by atoms with Crippen LogP contribution < -0.4 is 16.0 Å². The molecule has 0 saturated carbocycles. The zero-order valence-corrected chi connectivity index (χ0v) is 14.4. The molecule has 3 aromatic rings. The highest BCUT2D eigenvalue weighted by molar-refractivity contribution is 5.99. The maximum absolute atomic E-state index is 11.9. The van der Waals surface area contributed by atoms with E-state index < -0.39 is 0 Å². The van der Waals surface area contributed by atoms with Crippen LogP contribution in [0.3, 0.4) is 0 Å². The number of aryl methyl sites for hydroxylation is 1. The third-order valence-corrected chi connectivity index (χ3v) is 3.73. The molecule has 3 N–H and O–H groups in total. The molecule has 2 amide bonds. The zero-order valence-electron chi connectivity index (χ0n) is 14.4. The Balaban J connectivity index is 1.41. The predicted molar refractivity (Wildman–Crippen MR) is 104 cm³/mol. The Kier molecular flexibility index (Phi) is 6.14. The van der Waals surface area contributed by atoms with Crippen LogP contribution in [-0.4, -0.2) is 22.8 Å². The number of amides is 2. The summed E-state index contributed by atoms with van der Waals surface area (Å²) < 4.78 is 0. The van der Waals surface area contributed by atoms with E-state index in [4.69, 9.17) is 0 Å². The Labute approximate surface area is 152 Å². The molecule has 6 nitrogen and oxygen atoms in total. The van der Waals surface area contributed by atoms with E-state index in [9.17, 15) is 4.79 Å². The van der Waals surface area contributed by atoms with Crippen molar-refractivity contribution in [3.8, 4) is 0 Å². The number of nitrogens with one attached hydrogen (secondary N) is 3. The monoisotopic (exact) mass is 347 g/mol. The Bertz CT molecular complexity index is 807. The number of nitrogens with zero attached hydrogens (tertiary/aromatic N) is 2. The second-order valence-electron chi connectivity index (χ2n) is 5.76. The summed E-state index contributed by atoms with van der Waals surface area (Å²) in [4.78, 5) is 11.9. The van der Waals surface area contributed by atoms with Gasteiger partial charge in [0.1, 0.15) is 5.82 Å². The number of rotatable bonds is 7. The van der Waals surface area contributed by atoms with E-state index in [0.29, 0.717) is 11.6 Å². The Morgan fingerprint density at radius 1 is 0.769 bits per heavy atom. The fourth-order valence-corrected chi connectivity index (χ4v) is 2.45. The Morgan fingerprint density at radius 3 is 2.12 bits per heavy atom. The van der Waals surface area contributed by atoms with E-state index in [1.807, 2.05) is 48.5 Å². The minimum Gasteiger partial charge on any atom is -0.369 e. The standard InChI is InChI=1S/C20H21N5O/c26-20(22-17-11-5-2-6-12-17)23-19-14-13-18(24-25-19)21-15-7-10-16-8-3-1-4-9-16/h1-6,8-9,11-14H,7,10,15H2,(H,21,24)(H2,22,23,25,26). The van der Waals surface area contributed by atoms with Gasteiger partial charge < -0.3 is 10.6 Å². The van der Waals surface area contributed by atoms with Gasteiger partial charge in [-0.15, -0.1) is 10.2 Å². The molecule has 2 aromatic carbocycles. The number of carbonyl (C=O) groups is 1. The molecular weight excluding hydrogens is 326 g/mol. The van der Waals surface area contributed by atoms with Gasteiger partial charge in [-0.2, -0.15) is 0 Å². The van der Waals surface area contributed by atoms with Gasteiger partial charge in [0.15, 0.2) is 5.82 Å². The molecule has 132 valence electrons. The lowest BCUT2D eigenvalue weighted by atomic mass is 10.1. The van der Waals surface area contributed by atoms with E-state index in [1.165, 1.54) is 5.56 Å². The predicted octanol–water partition coefficient (Wildman–Crippen LogP) is 4.17. The highest BCUT2D eigenvalue weighted by atomic mass is 16.2. The molecule has 0 aliphatic carbocycles. The summed E-state index contributed by atoms with van der Waals surface area (Å²) in [6.07, 6.45) is 2.02. The van der Waals surface area contributed by atoms with Gasteiger partial charge in [0.2, 0.25) is 0 Å². The zero-order chi connectivity index (χ0) is 18.0. The van der Waals surface area contributed by atoms with Crippen LogP contribution in [0, 0.1) is 0 Å². The van der Waals surface area contributed by atoms with Gasteiger partial charge in [-0.3, -0.25) is 5.32 Å². The number of para-hydroxylation sites is 1. The second-order valence-corrected chi connectivity index (χ2v) is 5.76. The molecule has 1 aromatic heterocycles. The molecule has 0 atom stereocenters. The molecule has 0 unspecified atom stereocenters. The first-order valence-corrected chi connectivity index (χ1v) is 8.54. The Morgan fingerprint density at radius 2 is 1.42 bits per heavy atom. The quantitative estimate of drug-likeness (QED) is 0.561. The van der Waals surface area contributed by atoms with Crippen molar-refractivity contribution in [2.75, 3.05) is 22.5 Å². The van der Waals surface area contributed by atoms with Crippen molar-refractivity contribution in [2.45, 2.75) is 12.8 Å². The van der Waals surface area contributed by atoms with Crippen LogP contribution in [-0.2, 0) is 6.42 Å².